The van der Waals surface area contributed by atoms with Crippen LogP contribution in [0.5, 0.6) is 0 Å². The van der Waals surface area contributed by atoms with Crippen LogP contribution in [0.15, 0.2) is 12.5 Å². The molecule has 1 aromatic rings. The number of carboxylic acids is 2. The Morgan fingerprint density at radius 1 is 1.06 bits per heavy atom. The summed E-state index contributed by atoms with van der Waals surface area (Å²) in [4.78, 5) is 65.5. The average molecular weight is 472 g/mol. The molecule has 5 unspecified atom stereocenters. The highest BCUT2D eigenvalue weighted by Crippen LogP contribution is 2.02. The maximum absolute atomic E-state index is 12.5. The van der Waals surface area contributed by atoms with Crippen molar-refractivity contribution in [3.05, 3.63) is 18.2 Å². The number of nitrogens with zero attached hydrogens (tertiary/aromatic N) is 1. The van der Waals surface area contributed by atoms with Crippen LogP contribution in [0.2, 0.25) is 0 Å². The van der Waals surface area contributed by atoms with Gasteiger partial charge in [0, 0.05) is 24.7 Å². The summed E-state index contributed by atoms with van der Waals surface area (Å²) in [5, 5.41) is 43.8. The van der Waals surface area contributed by atoms with Gasteiger partial charge in [-0.3, -0.25) is 19.2 Å². The van der Waals surface area contributed by atoms with Gasteiger partial charge >= 0.3 is 11.9 Å². The summed E-state index contributed by atoms with van der Waals surface area (Å²) in [7, 11) is 0. The Hall–Kier alpha value is -3.56. The molecule has 33 heavy (non-hydrogen) atoms. The first-order valence-corrected chi connectivity index (χ1v) is 9.83. The number of aromatic amines is 1. The van der Waals surface area contributed by atoms with E-state index in [1.165, 1.54) is 19.4 Å². The Morgan fingerprint density at radius 3 is 2.18 bits per heavy atom. The van der Waals surface area contributed by atoms with Crippen LogP contribution >= 0.6 is 0 Å². The number of hydrogen-bond acceptors (Lipinski definition) is 9. The van der Waals surface area contributed by atoms with E-state index in [2.05, 4.69) is 25.9 Å². The van der Waals surface area contributed by atoms with E-state index in [0.29, 0.717) is 5.69 Å². The second kappa shape index (κ2) is 13.1. The van der Waals surface area contributed by atoms with E-state index >= 15 is 0 Å². The summed E-state index contributed by atoms with van der Waals surface area (Å²) in [6.07, 6.45) is 0.485. The summed E-state index contributed by atoms with van der Waals surface area (Å²) in [6.45, 7) is 0.263. The predicted molar refractivity (Wildman–Crippen MR) is 109 cm³/mol. The van der Waals surface area contributed by atoms with Gasteiger partial charge in [-0.2, -0.15) is 0 Å². The van der Waals surface area contributed by atoms with Gasteiger partial charge in [-0.15, -0.1) is 0 Å². The van der Waals surface area contributed by atoms with Crippen molar-refractivity contribution >= 4 is 29.7 Å². The highest BCUT2D eigenvalue weighted by atomic mass is 16.4. The molecule has 1 rings (SSSR count). The smallest absolute Gasteiger partial charge is 0.326 e. The number of hydrogen-bond donors (Lipinski definition) is 9. The number of aromatic nitrogens is 2. The number of carbonyl (C=O) groups excluding carboxylic acids is 3. The fourth-order valence-electron chi connectivity index (χ4n) is 2.62. The van der Waals surface area contributed by atoms with E-state index in [1.54, 1.807) is 0 Å². The van der Waals surface area contributed by atoms with Crippen molar-refractivity contribution in [2.75, 3.05) is 6.61 Å². The van der Waals surface area contributed by atoms with Gasteiger partial charge in [0.1, 0.15) is 18.1 Å². The predicted octanol–water partition coefficient (Wildman–Crippen LogP) is -3.94. The lowest BCUT2D eigenvalue weighted by molar-refractivity contribution is -0.142. The first-order chi connectivity index (χ1) is 15.5. The Balaban J connectivity index is 2.78. The van der Waals surface area contributed by atoms with Gasteiger partial charge in [0.05, 0.1) is 25.1 Å². The molecule has 0 radical (unpaired) electrons. The minimum atomic E-state index is -1.60. The van der Waals surface area contributed by atoms with Gasteiger partial charge in [-0.25, -0.2) is 9.78 Å². The molecule has 0 aliphatic heterocycles. The summed E-state index contributed by atoms with van der Waals surface area (Å²) < 4.78 is 0. The van der Waals surface area contributed by atoms with Gasteiger partial charge in [-0.1, -0.05) is 0 Å². The number of rotatable bonds is 14. The Kier molecular flexibility index (Phi) is 10.9. The fourth-order valence-corrected chi connectivity index (χ4v) is 2.62. The molecule has 0 spiro atoms. The molecule has 1 aromatic heterocycles. The SMILES string of the molecule is CC(O)C(NC(=O)C(N)CCC(=O)O)C(=O)NC(CO)C(=O)NC(Cc1cnc[nH]1)C(=O)O. The van der Waals surface area contributed by atoms with Gasteiger partial charge in [0.15, 0.2) is 0 Å². The first kappa shape index (κ1) is 27.5. The third-order valence-electron chi connectivity index (χ3n) is 4.48. The second-order valence-electron chi connectivity index (χ2n) is 7.19. The second-order valence-corrected chi connectivity index (χ2v) is 7.19. The maximum atomic E-state index is 12.5. The zero-order valence-electron chi connectivity index (χ0n) is 17.7. The number of H-pyrrole nitrogens is 1. The van der Waals surface area contributed by atoms with Crippen LogP contribution in [-0.2, 0) is 30.4 Å². The molecule has 0 saturated carbocycles. The van der Waals surface area contributed by atoms with Crippen LogP contribution in [0.25, 0.3) is 0 Å². The van der Waals surface area contributed by atoms with Crippen LogP contribution in [-0.4, -0.2) is 96.9 Å². The lowest BCUT2D eigenvalue weighted by atomic mass is 10.1. The molecule has 15 heteroatoms. The third kappa shape index (κ3) is 9.22. The topological polar surface area (TPSA) is 257 Å². The number of imidazole rings is 1. The van der Waals surface area contributed by atoms with Crippen molar-refractivity contribution in [2.45, 2.75) is 56.5 Å². The van der Waals surface area contributed by atoms with E-state index in [9.17, 15) is 39.3 Å². The van der Waals surface area contributed by atoms with Crippen molar-refractivity contribution in [2.24, 2.45) is 5.73 Å². The Labute approximate surface area is 187 Å². The number of carboxylic acid groups (broad SMARTS) is 2. The minimum absolute atomic E-state index is 0.145. The molecule has 3 amide bonds. The minimum Gasteiger partial charge on any atom is -0.481 e. The molecule has 0 saturated heterocycles. The van der Waals surface area contributed by atoms with Crippen LogP contribution in [0.1, 0.15) is 25.5 Å². The normalized spacial score (nSPS) is 15.4. The van der Waals surface area contributed by atoms with E-state index in [0.717, 1.165) is 0 Å². The van der Waals surface area contributed by atoms with E-state index in [1.807, 2.05) is 0 Å². The van der Waals surface area contributed by atoms with E-state index in [-0.39, 0.29) is 12.8 Å². The van der Waals surface area contributed by atoms with Crippen molar-refractivity contribution in [1.82, 2.24) is 25.9 Å². The van der Waals surface area contributed by atoms with Crippen LogP contribution in [0.4, 0.5) is 0 Å². The molecule has 1 heterocycles. The highest BCUT2D eigenvalue weighted by molar-refractivity contribution is 5.94. The summed E-state index contributed by atoms with van der Waals surface area (Å²) >= 11 is 0. The number of aliphatic carboxylic acids is 2. The van der Waals surface area contributed by atoms with Gasteiger partial charge in [-0.05, 0) is 13.3 Å². The fraction of sp³-hybridized carbons (Fsp3) is 0.556. The number of aliphatic hydroxyl groups is 2. The number of nitrogens with one attached hydrogen (secondary N) is 4. The van der Waals surface area contributed by atoms with Crippen LogP contribution in [0, 0.1) is 0 Å². The maximum Gasteiger partial charge on any atom is 0.326 e. The molecule has 15 nitrogen and oxygen atoms in total. The molecule has 0 aliphatic rings. The lowest BCUT2D eigenvalue weighted by Gasteiger charge is -2.25. The number of aliphatic hydroxyl groups excluding tert-OH is 2. The zero-order chi connectivity index (χ0) is 25.1. The zero-order valence-corrected chi connectivity index (χ0v) is 17.7. The monoisotopic (exact) mass is 472 g/mol. The van der Waals surface area contributed by atoms with Crippen LogP contribution < -0.4 is 21.7 Å². The molecule has 10 N–H and O–H groups in total. The molecule has 184 valence electrons. The van der Waals surface area contributed by atoms with Crippen molar-refractivity contribution < 1.29 is 44.4 Å². The van der Waals surface area contributed by atoms with Crippen molar-refractivity contribution in [1.29, 1.82) is 0 Å². The molecular formula is C18H28N6O9. The summed E-state index contributed by atoms with van der Waals surface area (Å²) in [6, 6.07) is -5.86. The molecule has 0 bridgehead atoms. The Bertz CT molecular complexity index is 829. The summed E-state index contributed by atoms with van der Waals surface area (Å²) in [5.41, 5.74) is 5.99. The largest absolute Gasteiger partial charge is 0.481 e. The van der Waals surface area contributed by atoms with Gasteiger partial charge in [0.25, 0.3) is 0 Å². The van der Waals surface area contributed by atoms with E-state index < -0.39 is 73.0 Å². The molecule has 0 aliphatic carbocycles. The highest BCUT2D eigenvalue weighted by Gasteiger charge is 2.32. The number of carbonyl (C=O) groups is 5. The van der Waals surface area contributed by atoms with Gasteiger partial charge in [0.2, 0.25) is 17.7 Å². The molecular weight excluding hydrogens is 444 g/mol. The quantitative estimate of drug-likeness (QED) is 0.126. The molecule has 0 aromatic carbocycles. The summed E-state index contributed by atoms with van der Waals surface area (Å²) in [5.74, 6) is -5.53. The van der Waals surface area contributed by atoms with Crippen molar-refractivity contribution in [3.63, 3.8) is 0 Å². The first-order valence-electron chi connectivity index (χ1n) is 9.83. The third-order valence-corrected chi connectivity index (χ3v) is 4.48. The molecule has 0 fully saturated rings. The van der Waals surface area contributed by atoms with Gasteiger partial charge < -0.3 is 47.1 Å². The van der Waals surface area contributed by atoms with E-state index in [4.69, 9.17) is 10.8 Å². The average Bonchev–Trinajstić information content (AvgIpc) is 3.25. The van der Waals surface area contributed by atoms with Crippen LogP contribution in [0.3, 0.4) is 0 Å². The lowest BCUT2D eigenvalue weighted by Crippen LogP contribution is -2.60. The van der Waals surface area contributed by atoms with Crippen molar-refractivity contribution in [3.8, 4) is 0 Å². The molecule has 5 atom stereocenters. The number of nitrogens with two attached hydrogens (primary N) is 1. The number of amides is 3. The standard InChI is InChI=1S/C18H28N6O9/c1-8(26)14(24-15(29)10(19)2-3-13(27)28)17(31)23-12(6-25)16(30)22-11(18(32)33)4-9-5-20-7-21-9/h5,7-8,10-12,14,25-26H,2-4,6,19H2,1H3,(H,20,21)(H,22,30)(H,23,31)(H,24,29)(H,27,28)(H,32,33). The Morgan fingerprint density at radius 2 is 1.70 bits per heavy atom.